The van der Waals surface area contributed by atoms with Crippen molar-refractivity contribution in [2.75, 3.05) is 12.0 Å². The minimum atomic E-state index is -2.86. The van der Waals surface area contributed by atoms with Crippen LogP contribution in [0.2, 0.25) is 0 Å². The summed E-state index contributed by atoms with van der Waals surface area (Å²) < 4.78 is 24.3. The summed E-state index contributed by atoms with van der Waals surface area (Å²) in [6, 6.07) is 0. The molecule has 1 N–H and O–H groups in total. The molecule has 0 atom stereocenters. The van der Waals surface area contributed by atoms with Crippen LogP contribution in [0.15, 0.2) is 6.20 Å². The molecule has 0 saturated heterocycles. The SMILES string of the molecule is Cc1c[nH]c(=S)n1CCCS(C)(=O)=O. The lowest BCUT2D eigenvalue weighted by Gasteiger charge is -2.03. The summed E-state index contributed by atoms with van der Waals surface area (Å²) in [5.41, 5.74) is 1.03. The lowest BCUT2D eigenvalue weighted by atomic mass is 10.4. The largest absolute Gasteiger partial charge is 0.337 e. The maximum atomic E-state index is 10.9. The van der Waals surface area contributed by atoms with Gasteiger partial charge in [0.2, 0.25) is 0 Å². The Labute approximate surface area is 88.9 Å². The van der Waals surface area contributed by atoms with Gasteiger partial charge in [-0.2, -0.15) is 0 Å². The van der Waals surface area contributed by atoms with Gasteiger partial charge >= 0.3 is 0 Å². The first-order chi connectivity index (χ1) is 6.40. The minimum Gasteiger partial charge on any atom is -0.337 e. The second-order valence-corrected chi connectivity index (χ2v) is 6.02. The van der Waals surface area contributed by atoms with Crippen LogP contribution in [0.25, 0.3) is 0 Å². The van der Waals surface area contributed by atoms with Crippen molar-refractivity contribution in [3.05, 3.63) is 16.7 Å². The topological polar surface area (TPSA) is 54.9 Å². The summed E-state index contributed by atoms with van der Waals surface area (Å²) in [4.78, 5) is 2.91. The number of aromatic nitrogens is 2. The average molecular weight is 234 g/mol. The second kappa shape index (κ2) is 4.27. The summed E-state index contributed by atoms with van der Waals surface area (Å²) >= 11 is 5.04. The standard InChI is InChI=1S/C8H14N2O2S2/c1-7-6-9-8(13)10(7)4-3-5-14(2,11)12/h6H,3-5H2,1-2H3,(H,9,13). The number of H-pyrrole nitrogens is 1. The Morgan fingerprint density at radius 2 is 2.21 bits per heavy atom. The monoisotopic (exact) mass is 234 g/mol. The number of rotatable bonds is 4. The molecule has 0 saturated carbocycles. The fraction of sp³-hybridized carbons (Fsp3) is 0.625. The van der Waals surface area contributed by atoms with Crippen LogP contribution in [0, 0.1) is 11.7 Å². The molecule has 0 unspecified atom stereocenters. The first-order valence-corrected chi connectivity index (χ1v) is 6.79. The number of aromatic amines is 1. The van der Waals surface area contributed by atoms with Crippen molar-refractivity contribution in [1.29, 1.82) is 0 Å². The second-order valence-electron chi connectivity index (χ2n) is 3.37. The van der Waals surface area contributed by atoms with E-state index in [9.17, 15) is 8.42 Å². The van der Waals surface area contributed by atoms with Crippen LogP contribution in [0.3, 0.4) is 0 Å². The van der Waals surface area contributed by atoms with Crippen molar-refractivity contribution in [3.8, 4) is 0 Å². The van der Waals surface area contributed by atoms with Crippen LogP contribution < -0.4 is 0 Å². The van der Waals surface area contributed by atoms with E-state index in [2.05, 4.69) is 4.98 Å². The third kappa shape index (κ3) is 3.26. The average Bonchev–Trinajstić information content (AvgIpc) is 2.33. The molecule has 1 rings (SSSR count). The number of nitrogens with zero attached hydrogens (tertiary/aromatic N) is 1. The van der Waals surface area contributed by atoms with Gasteiger partial charge in [0.1, 0.15) is 9.84 Å². The summed E-state index contributed by atoms with van der Waals surface area (Å²) in [5.74, 6) is 0.208. The number of hydrogen-bond acceptors (Lipinski definition) is 3. The molecule has 80 valence electrons. The molecule has 0 aliphatic carbocycles. The van der Waals surface area contributed by atoms with E-state index in [1.54, 1.807) is 0 Å². The molecule has 14 heavy (non-hydrogen) atoms. The smallest absolute Gasteiger partial charge is 0.177 e. The Balaban J connectivity index is 2.59. The quantitative estimate of drug-likeness (QED) is 0.799. The number of hydrogen-bond donors (Lipinski definition) is 1. The van der Waals surface area contributed by atoms with Crippen LogP contribution in [0.1, 0.15) is 12.1 Å². The van der Waals surface area contributed by atoms with E-state index < -0.39 is 9.84 Å². The molecule has 6 heteroatoms. The number of sulfone groups is 1. The molecule has 0 aromatic carbocycles. The van der Waals surface area contributed by atoms with Gasteiger partial charge in [0.25, 0.3) is 0 Å². The lowest BCUT2D eigenvalue weighted by Crippen LogP contribution is -2.08. The van der Waals surface area contributed by atoms with E-state index in [0.717, 1.165) is 5.69 Å². The highest BCUT2D eigenvalue weighted by Gasteiger charge is 2.03. The van der Waals surface area contributed by atoms with Crippen LogP contribution in [0.5, 0.6) is 0 Å². The predicted molar refractivity (Wildman–Crippen MR) is 58.7 cm³/mol. The fourth-order valence-electron chi connectivity index (χ4n) is 1.24. The molecule has 4 nitrogen and oxygen atoms in total. The number of imidazole rings is 1. The molecule has 0 radical (unpaired) electrons. The van der Waals surface area contributed by atoms with Gasteiger partial charge in [0.15, 0.2) is 4.77 Å². The predicted octanol–water partition coefficient (Wildman–Crippen LogP) is 1.29. The highest BCUT2D eigenvalue weighted by molar-refractivity contribution is 7.90. The van der Waals surface area contributed by atoms with Crippen LogP contribution in [-0.4, -0.2) is 30.0 Å². The van der Waals surface area contributed by atoms with Crippen molar-refractivity contribution >= 4 is 22.1 Å². The van der Waals surface area contributed by atoms with Gasteiger partial charge in [0.05, 0.1) is 5.75 Å². The van der Waals surface area contributed by atoms with Crippen LogP contribution in [-0.2, 0) is 16.4 Å². The van der Waals surface area contributed by atoms with Crippen molar-refractivity contribution in [1.82, 2.24) is 9.55 Å². The zero-order valence-electron chi connectivity index (χ0n) is 8.28. The van der Waals surface area contributed by atoms with E-state index in [4.69, 9.17) is 12.2 Å². The molecule has 1 heterocycles. The van der Waals surface area contributed by atoms with Gasteiger partial charge in [-0.1, -0.05) is 0 Å². The summed E-state index contributed by atoms with van der Waals surface area (Å²) in [7, 11) is -2.86. The van der Waals surface area contributed by atoms with Crippen LogP contribution in [0.4, 0.5) is 0 Å². The molecule has 1 aromatic heterocycles. The van der Waals surface area contributed by atoms with E-state index in [-0.39, 0.29) is 5.75 Å². The van der Waals surface area contributed by atoms with E-state index in [1.807, 2.05) is 17.7 Å². The van der Waals surface area contributed by atoms with Gasteiger partial charge < -0.3 is 9.55 Å². The Morgan fingerprint density at radius 3 is 2.64 bits per heavy atom. The normalized spacial score (nSPS) is 11.9. The van der Waals surface area contributed by atoms with Gasteiger partial charge in [-0.3, -0.25) is 0 Å². The highest BCUT2D eigenvalue weighted by atomic mass is 32.2. The Morgan fingerprint density at radius 1 is 1.57 bits per heavy atom. The van der Waals surface area contributed by atoms with Gasteiger partial charge in [-0.15, -0.1) is 0 Å². The highest BCUT2D eigenvalue weighted by Crippen LogP contribution is 2.02. The van der Waals surface area contributed by atoms with E-state index >= 15 is 0 Å². The van der Waals surface area contributed by atoms with Gasteiger partial charge in [-0.25, -0.2) is 8.42 Å². The Kier molecular flexibility index (Phi) is 3.49. The van der Waals surface area contributed by atoms with Gasteiger partial charge in [0, 0.05) is 24.7 Å². The Bertz CT molecular complexity index is 456. The maximum Gasteiger partial charge on any atom is 0.177 e. The third-order valence-electron chi connectivity index (χ3n) is 1.97. The summed E-state index contributed by atoms with van der Waals surface area (Å²) in [6.45, 7) is 2.59. The molecule has 0 aliphatic rings. The number of aryl methyl sites for hydroxylation is 1. The zero-order valence-corrected chi connectivity index (χ0v) is 9.91. The van der Waals surface area contributed by atoms with Crippen molar-refractivity contribution in [2.24, 2.45) is 0 Å². The van der Waals surface area contributed by atoms with E-state index in [1.165, 1.54) is 6.26 Å². The molecule has 1 aromatic rings. The Hall–Kier alpha value is -0.620. The molecule has 0 spiro atoms. The van der Waals surface area contributed by atoms with Crippen molar-refractivity contribution in [3.63, 3.8) is 0 Å². The zero-order chi connectivity index (χ0) is 10.8. The van der Waals surface area contributed by atoms with Crippen LogP contribution >= 0.6 is 12.2 Å². The molecular weight excluding hydrogens is 220 g/mol. The molecule has 0 bridgehead atoms. The first-order valence-electron chi connectivity index (χ1n) is 4.33. The summed E-state index contributed by atoms with van der Waals surface area (Å²) in [6.07, 6.45) is 3.67. The fourth-order valence-corrected chi connectivity index (χ4v) is 2.19. The minimum absolute atomic E-state index is 0.208. The van der Waals surface area contributed by atoms with Crippen molar-refractivity contribution in [2.45, 2.75) is 19.9 Å². The molecule has 0 amide bonds. The number of nitrogens with one attached hydrogen (secondary N) is 1. The molecule has 0 fully saturated rings. The third-order valence-corrected chi connectivity index (χ3v) is 3.34. The van der Waals surface area contributed by atoms with Gasteiger partial charge in [-0.05, 0) is 25.6 Å². The van der Waals surface area contributed by atoms with E-state index in [0.29, 0.717) is 17.7 Å². The maximum absolute atomic E-state index is 10.9. The molecule has 0 aliphatic heterocycles. The first kappa shape index (κ1) is 11.5. The summed E-state index contributed by atoms with van der Waals surface area (Å²) in [5, 5.41) is 0. The molecular formula is C8H14N2O2S2. The van der Waals surface area contributed by atoms with Crippen molar-refractivity contribution < 1.29 is 8.42 Å². The lowest BCUT2D eigenvalue weighted by molar-refractivity contribution is 0.589.